The number of nitrogens with one attached hydrogen (secondary N) is 1. The van der Waals surface area contributed by atoms with Gasteiger partial charge in [-0.15, -0.1) is 0 Å². The fraction of sp³-hybridized carbons (Fsp3) is 0.667. The zero-order valence-electron chi connectivity index (χ0n) is 12.3. The van der Waals surface area contributed by atoms with Gasteiger partial charge in [0, 0.05) is 12.6 Å². The highest BCUT2D eigenvalue weighted by molar-refractivity contribution is 5.67. The molecular weight excluding hydrogens is 260 g/mol. The highest BCUT2D eigenvalue weighted by atomic mass is 16.6. The standard InChI is InChI=1S/C12H22N6O2/c1-8(2)5-9(6-17(3)4)16-12-10(18(19)20)11(13)14-7-15-12/h7-9H,5-6H2,1-4H3,(H3,13,14,15,16). The van der Waals surface area contributed by atoms with Gasteiger partial charge in [0.2, 0.25) is 11.6 Å². The van der Waals surface area contributed by atoms with Crippen molar-refractivity contribution in [1.82, 2.24) is 14.9 Å². The first kappa shape index (κ1) is 16.1. The third-order valence-electron chi connectivity index (χ3n) is 2.72. The average Bonchev–Trinajstić information content (AvgIpc) is 2.26. The molecule has 8 heteroatoms. The van der Waals surface area contributed by atoms with Crippen molar-refractivity contribution in [1.29, 1.82) is 0 Å². The van der Waals surface area contributed by atoms with Crippen molar-refractivity contribution in [3.05, 3.63) is 16.4 Å². The second kappa shape index (κ2) is 6.99. The Morgan fingerprint density at radius 3 is 2.60 bits per heavy atom. The van der Waals surface area contributed by atoms with Gasteiger partial charge < -0.3 is 16.0 Å². The average molecular weight is 282 g/mol. The van der Waals surface area contributed by atoms with Crippen molar-refractivity contribution in [2.75, 3.05) is 31.7 Å². The molecule has 0 aromatic carbocycles. The van der Waals surface area contributed by atoms with Gasteiger partial charge in [-0.25, -0.2) is 9.97 Å². The Balaban J connectivity index is 2.98. The van der Waals surface area contributed by atoms with Gasteiger partial charge in [0.25, 0.3) is 0 Å². The van der Waals surface area contributed by atoms with Crippen molar-refractivity contribution in [3.8, 4) is 0 Å². The summed E-state index contributed by atoms with van der Waals surface area (Å²) in [5.74, 6) is 0.515. The van der Waals surface area contributed by atoms with E-state index in [0.717, 1.165) is 13.0 Å². The van der Waals surface area contributed by atoms with Crippen molar-refractivity contribution in [2.24, 2.45) is 5.92 Å². The van der Waals surface area contributed by atoms with Crippen LogP contribution in [-0.2, 0) is 0 Å². The summed E-state index contributed by atoms with van der Waals surface area (Å²) in [5.41, 5.74) is 5.29. The maximum atomic E-state index is 11.1. The lowest BCUT2D eigenvalue weighted by atomic mass is 10.0. The van der Waals surface area contributed by atoms with Crippen LogP contribution in [0.4, 0.5) is 17.3 Å². The summed E-state index contributed by atoms with van der Waals surface area (Å²) in [7, 11) is 3.91. The Bertz CT molecular complexity index is 453. The van der Waals surface area contributed by atoms with E-state index in [-0.39, 0.29) is 23.4 Å². The zero-order valence-corrected chi connectivity index (χ0v) is 12.3. The molecule has 0 bridgehead atoms. The van der Waals surface area contributed by atoms with Crippen LogP contribution >= 0.6 is 0 Å². The summed E-state index contributed by atoms with van der Waals surface area (Å²) < 4.78 is 0. The minimum Gasteiger partial charge on any atom is -0.378 e. The van der Waals surface area contributed by atoms with Gasteiger partial charge in [0.15, 0.2) is 0 Å². The number of nitrogens with two attached hydrogens (primary N) is 1. The Morgan fingerprint density at radius 1 is 1.45 bits per heavy atom. The van der Waals surface area contributed by atoms with Gasteiger partial charge in [0.05, 0.1) is 4.92 Å². The third kappa shape index (κ3) is 4.61. The first-order chi connectivity index (χ1) is 9.31. The molecule has 0 amide bonds. The van der Waals surface area contributed by atoms with Gasteiger partial charge in [-0.1, -0.05) is 13.8 Å². The smallest absolute Gasteiger partial charge is 0.352 e. The van der Waals surface area contributed by atoms with Gasteiger partial charge in [0.1, 0.15) is 6.33 Å². The molecule has 0 aliphatic heterocycles. The maximum Gasteiger partial charge on any atom is 0.352 e. The van der Waals surface area contributed by atoms with Crippen LogP contribution in [0, 0.1) is 16.0 Å². The summed E-state index contributed by atoms with van der Waals surface area (Å²) in [5, 5.41) is 14.2. The van der Waals surface area contributed by atoms with Crippen molar-refractivity contribution in [2.45, 2.75) is 26.3 Å². The van der Waals surface area contributed by atoms with Crippen molar-refractivity contribution >= 4 is 17.3 Å². The summed E-state index contributed by atoms with van der Waals surface area (Å²) in [6.07, 6.45) is 2.10. The summed E-state index contributed by atoms with van der Waals surface area (Å²) in [6.45, 7) is 4.96. The van der Waals surface area contributed by atoms with Gasteiger partial charge in [-0.05, 0) is 26.4 Å². The number of nitro groups is 1. The van der Waals surface area contributed by atoms with E-state index < -0.39 is 4.92 Å². The number of hydrogen-bond donors (Lipinski definition) is 2. The molecule has 3 N–H and O–H groups in total. The highest BCUT2D eigenvalue weighted by Crippen LogP contribution is 2.27. The number of hydrogen-bond acceptors (Lipinski definition) is 7. The number of nitrogens with zero attached hydrogens (tertiary/aromatic N) is 4. The van der Waals surface area contributed by atoms with Gasteiger partial charge in [-0.2, -0.15) is 0 Å². The summed E-state index contributed by atoms with van der Waals surface area (Å²) in [4.78, 5) is 20.1. The largest absolute Gasteiger partial charge is 0.378 e. The second-order valence-corrected chi connectivity index (χ2v) is 5.45. The molecule has 1 unspecified atom stereocenters. The number of nitrogen functional groups attached to an aromatic ring is 1. The first-order valence-corrected chi connectivity index (χ1v) is 6.47. The minimum absolute atomic E-state index is 0.0537. The SMILES string of the molecule is CC(C)CC(CN(C)C)Nc1ncnc(N)c1[N+](=O)[O-]. The van der Waals surface area contributed by atoms with Gasteiger partial charge in [-0.3, -0.25) is 10.1 Å². The van der Waals surface area contributed by atoms with E-state index in [0.29, 0.717) is 5.92 Å². The Morgan fingerprint density at radius 2 is 2.10 bits per heavy atom. The van der Waals surface area contributed by atoms with Crippen LogP contribution in [-0.4, -0.2) is 46.5 Å². The topological polar surface area (TPSA) is 110 Å². The minimum atomic E-state index is -0.556. The van der Waals surface area contributed by atoms with Crippen LogP contribution in [0.1, 0.15) is 20.3 Å². The van der Waals surface area contributed by atoms with Crippen LogP contribution in [0.3, 0.4) is 0 Å². The quantitative estimate of drug-likeness (QED) is 0.573. The Kier molecular flexibility index (Phi) is 5.63. The Labute approximate surface area is 118 Å². The molecular formula is C12H22N6O2. The molecule has 8 nitrogen and oxygen atoms in total. The fourth-order valence-electron chi connectivity index (χ4n) is 2.06. The molecule has 112 valence electrons. The number of aromatic nitrogens is 2. The molecule has 1 aromatic heterocycles. The lowest BCUT2D eigenvalue weighted by molar-refractivity contribution is -0.383. The van der Waals surface area contributed by atoms with Crippen molar-refractivity contribution in [3.63, 3.8) is 0 Å². The molecule has 1 heterocycles. The van der Waals surface area contributed by atoms with E-state index in [9.17, 15) is 10.1 Å². The van der Waals surface area contributed by atoms with E-state index >= 15 is 0 Å². The summed E-state index contributed by atoms with van der Waals surface area (Å²) in [6, 6.07) is 0.0537. The van der Waals surface area contributed by atoms with E-state index in [4.69, 9.17) is 5.73 Å². The lowest BCUT2D eigenvalue weighted by Gasteiger charge is -2.24. The van der Waals surface area contributed by atoms with Crippen molar-refractivity contribution < 1.29 is 4.92 Å². The normalized spacial score (nSPS) is 12.7. The molecule has 0 aliphatic carbocycles. The molecule has 0 fully saturated rings. The van der Waals surface area contributed by atoms with Crippen LogP contribution < -0.4 is 11.1 Å². The molecule has 0 aliphatic rings. The van der Waals surface area contributed by atoms with Crippen LogP contribution in [0.5, 0.6) is 0 Å². The van der Waals surface area contributed by atoms with E-state index in [1.807, 2.05) is 19.0 Å². The van der Waals surface area contributed by atoms with Crippen LogP contribution in [0.15, 0.2) is 6.33 Å². The molecule has 0 saturated carbocycles. The third-order valence-corrected chi connectivity index (χ3v) is 2.72. The molecule has 20 heavy (non-hydrogen) atoms. The number of anilines is 2. The molecule has 1 aromatic rings. The number of rotatable bonds is 7. The van der Waals surface area contributed by atoms with E-state index in [2.05, 4.69) is 29.1 Å². The molecule has 0 radical (unpaired) electrons. The number of likely N-dealkylation sites (N-methyl/N-ethyl adjacent to an activating group) is 1. The summed E-state index contributed by atoms with van der Waals surface area (Å²) >= 11 is 0. The second-order valence-electron chi connectivity index (χ2n) is 5.45. The zero-order chi connectivity index (χ0) is 15.3. The van der Waals surface area contributed by atoms with Gasteiger partial charge >= 0.3 is 5.69 Å². The predicted octanol–water partition coefficient (Wildman–Crippen LogP) is 1.36. The first-order valence-electron chi connectivity index (χ1n) is 6.47. The molecule has 1 atom stereocenters. The molecule has 0 spiro atoms. The monoisotopic (exact) mass is 282 g/mol. The molecule has 0 saturated heterocycles. The Hall–Kier alpha value is -1.96. The fourth-order valence-corrected chi connectivity index (χ4v) is 2.06. The maximum absolute atomic E-state index is 11.1. The van der Waals surface area contributed by atoms with Crippen LogP contribution in [0.2, 0.25) is 0 Å². The highest BCUT2D eigenvalue weighted by Gasteiger charge is 2.23. The van der Waals surface area contributed by atoms with E-state index in [1.54, 1.807) is 0 Å². The predicted molar refractivity (Wildman–Crippen MR) is 78.5 cm³/mol. The van der Waals surface area contributed by atoms with Crippen LogP contribution in [0.25, 0.3) is 0 Å². The van der Waals surface area contributed by atoms with E-state index in [1.165, 1.54) is 6.33 Å². The lowest BCUT2D eigenvalue weighted by Crippen LogP contribution is -2.34. The molecule has 1 rings (SSSR count).